The van der Waals surface area contributed by atoms with Crippen molar-refractivity contribution in [3.8, 4) is 0 Å². The molecule has 1 aliphatic carbocycles. The highest BCUT2D eigenvalue weighted by Crippen LogP contribution is 2.45. The predicted molar refractivity (Wildman–Crippen MR) is 75.0 cm³/mol. The van der Waals surface area contributed by atoms with Crippen LogP contribution in [0.5, 0.6) is 0 Å². The Kier molecular flexibility index (Phi) is 4.31. The first-order chi connectivity index (χ1) is 7.18. The van der Waals surface area contributed by atoms with Gasteiger partial charge in [-0.25, -0.2) is 0 Å². The zero-order valence-corrected chi connectivity index (χ0v) is 12.9. The molecule has 1 aromatic heterocycles. The van der Waals surface area contributed by atoms with E-state index in [0.717, 1.165) is 5.92 Å². The molecular formula is C12H16Br2S. The Hall–Kier alpha value is 0.660. The van der Waals surface area contributed by atoms with E-state index in [2.05, 4.69) is 44.8 Å². The van der Waals surface area contributed by atoms with Crippen molar-refractivity contribution < 1.29 is 0 Å². The van der Waals surface area contributed by atoms with Crippen LogP contribution in [0.3, 0.4) is 0 Å². The largest absolute Gasteiger partial charge is 0.143 e. The summed E-state index contributed by atoms with van der Waals surface area (Å²) in [6.07, 6.45) is 7.03. The molecule has 1 aliphatic rings. The van der Waals surface area contributed by atoms with Gasteiger partial charge in [-0.15, -0.1) is 11.3 Å². The Morgan fingerprint density at radius 1 is 1.33 bits per heavy atom. The predicted octanol–water partition coefficient (Wildman–Crippen LogP) is 5.84. The van der Waals surface area contributed by atoms with Crippen molar-refractivity contribution in [3.05, 3.63) is 20.3 Å². The van der Waals surface area contributed by atoms with Crippen LogP contribution in [0.4, 0.5) is 0 Å². The zero-order chi connectivity index (χ0) is 10.8. The molecule has 2 rings (SSSR count). The molecule has 0 saturated heterocycles. The number of rotatable bonds is 2. The number of hydrogen-bond donors (Lipinski definition) is 0. The van der Waals surface area contributed by atoms with Crippen molar-refractivity contribution in [2.24, 2.45) is 5.92 Å². The Morgan fingerprint density at radius 3 is 2.53 bits per heavy atom. The van der Waals surface area contributed by atoms with Crippen molar-refractivity contribution >= 4 is 43.2 Å². The Labute approximate surface area is 113 Å². The number of alkyl halides is 1. The molecule has 0 spiro atoms. The van der Waals surface area contributed by atoms with Gasteiger partial charge in [-0.05, 0) is 47.7 Å². The lowest BCUT2D eigenvalue weighted by Crippen LogP contribution is -2.11. The number of hydrogen-bond acceptors (Lipinski definition) is 1. The van der Waals surface area contributed by atoms with Gasteiger partial charge in [0.1, 0.15) is 0 Å². The second-order valence-corrected chi connectivity index (χ2v) is 7.50. The molecule has 1 fully saturated rings. The first kappa shape index (κ1) is 12.1. The van der Waals surface area contributed by atoms with Crippen LogP contribution in [0.2, 0.25) is 0 Å². The van der Waals surface area contributed by atoms with Gasteiger partial charge in [0.2, 0.25) is 0 Å². The van der Waals surface area contributed by atoms with Gasteiger partial charge in [0.05, 0.1) is 4.83 Å². The maximum Gasteiger partial charge on any atom is 0.0528 e. The summed E-state index contributed by atoms with van der Waals surface area (Å²) in [5.74, 6) is 0.841. The number of aryl methyl sites for hydroxylation is 1. The van der Waals surface area contributed by atoms with E-state index in [9.17, 15) is 0 Å². The van der Waals surface area contributed by atoms with Crippen LogP contribution in [0.25, 0.3) is 0 Å². The second kappa shape index (κ2) is 5.33. The average Bonchev–Trinajstić information content (AvgIpc) is 2.58. The molecule has 0 radical (unpaired) electrons. The normalized spacial score (nSPS) is 20.5. The fourth-order valence-electron chi connectivity index (χ4n) is 2.33. The molecular weight excluding hydrogens is 336 g/mol. The van der Waals surface area contributed by atoms with Gasteiger partial charge in [0, 0.05) is 14.2 Å². The van der Waals surface area contributed by atoms with E-state index in [1.54, 1.807) is 0 Å². The van der Waals surface area contributed by atoms with Gasteiger partial charge in [0.25, 0.3) is 0 Å². The van der Waals surface area contributed by atoms with Crippen molar-refractivity contribution in [1.82, 2.24) is 0 Å². The van der Waals surface area contributed by atoms with Crippen molar-refractivity contribution in [2.45, 2.75) is 43.9 Å². The average molecular weight is 352 g/mol. The van der Waals surface area contributed by atoms with Crippen molar-refractivity contribution in [1.29, 1.82) is 0 Å². The molecule has 15 heavy (non-hydrogen) atoms. The van der Waals surface area contributed by atoms with Crippen molar-refractivity contribution in [2.75, 3.05) is 0 Å². The van der Waals surface area contributed by atoms with Gasteiger partial charge < -0.3 is 0 Å². The second-order valence-electron chi connectivity index (χ2n) is 4.37. The molecule has 0 nitrogen and oxygen atoms in total. The van der Waals surface area contributed by atoms with Crippen LogP contribution < -0.4 is 0 Å². The molecule has 3 heteroatoms. The molecule has 0 bridgehead atoms. The van der Waals surface area contributed by atoms with E-state index < -0.39 is 0 Å². The van der Waals surface area contributed by atoms with Crippen molar-refractivity contribution in [3.63, 3.8) is 0 Å². The summed E-state index contributed by atoms with van der Waals surface area (Å²) >= 11 is 9.48. The third-order valence-corrected chi connectivity index (χ3v) is 6.71. The van der Waals surface area contributed by atoms with E-state index in [-0.39, 0.29) is 0 Å². The van der Waals surface area contributed by atoms with Crippen LogP contribution >= 0.6 is 43.2 Å². The van der Waals surface area contributed by atoms with Crippen LogP contribution in [-0.2, 0) is 0 Å². The minimum atomic E-state index is 0.561. The Bertz CT molecular complexity index is 326. The fourth-order valence-corrected chi connectivity index (χ4v) is 5.66. The van der Waals surface area contributed by atoms with Gasteiger partial charge in [-0.1, -0.05) is 35.2 Å². The number of thiophene rings is 1. The summed E-state index contributed by atoms with van der Waals surface area (Å²) in [6.45, 7) is 2.18. The van der Waals surface area contributed by atoms with E-state index >= 15 is 0 Å². The quantitative estimate of drug-likeness (QED) is 0.587. The van der Waals surface area contributed by atoms with E-state index in [1.807, 2.05) is 11.3 Å². The first-order valence-electron chi connectivity index (χ1n) is 5.58. The molecule has 1 saturated carbocycles. The monoisotopic (exact) mass is 350 g/mol. The summed E-state index contributed by atoms with van der Waals surface area (Å²) in [7, 11) is 0. The van der Waals surface area contributed by atoms with Crippen LogP contribution in [0.15, 0.2) is 10.5 Å². The van der Waals surface area contributed by atoms with Gasteiger partial charge in [-0.2, -0.15) is 0 Å². The highest BCUT2D eigenvalue weighted by molar-refractivity contribution is 9.11. The standard InChI is InChI=1S/C12H16Br2S/c1-8-7-10(13)12(15-8)11(14)9-5-3-2-4-6-9/h7,9,11H,2-6H2,1H3. The summed E-state index contributed by atoms with van der Waals surface area (Å²) in [5, 5.41) is 0. The summed E-state index contributed by atoms with van der Waals surface area (Å²) in [5.41, 5.74) is 0. The van der Waals surface area contributed by atoms with E-state index in [4.69, 9.17) is 0 Å². The Balaban J connectivity index is 2.12. The smallest absolute Gasteiger partial charge is 0.0528 e. The summed E-state index contributed by atoms with van der Waals surface area (Å²) in [6, 6.07) is 2.23. The maximum atomic E-state index is 3.89. The van der Waals surface area contributed by atoms with E-state index in [0.29, 0.717) is 4.83 Å². The highest BCUT2D eigenvalue weighted by atomic mass is 79.9. The zero-order valence-electron chi connectivity index (χ0n) is 8.93. The SMILES string of the molecule is Cc1cc(Br)c(C(Br)C2CCCCC2)s1. The third kappa shape index (κ3) is 2.86. The van der Waals surface area contributed by atoms with Gasteiger partial charge >= 0.3 is 0 Å². The molecule has 1 heterocycles. The molecule has 1 aromatic rings. The van der Waals surface area contributed by atoms with Gasteiger partial charge in [-0.3, -0.25) is 0 Å². The van der Waals surface area contributed by atoms with Crippen LogP contribution in [0, 0.1) is 12.8 Å². The first-order valence-corrected chi connectivity index (χ1v) is 8.11. The highest BCUT2D eigenvalue weighted by Gasteiger charge is 2.25. The maximum absolute atomic E-state index is 3.89. The van der Waals surface area contributed by atoms with Gasteiger partial charge in [0.15, 0.2) is 0 Å². The molecule has 0 aliphatic heterocycles. The molecule has 0 amide bonds. The topological polar surface area (TPSA) is 0 Å². The molecule has 1 unspecified atom stereocenters. The lowest BCUT2D eigenvalue weighted by atomic mass is 9.86. The summed E-state index contributed by atoms with van der Waals surface area (Å²) in [4.78, 5) is 3.45. The molecule has 84 valence electrons. The fraction of sp³-hybridized carbons (Fsp3) is 0.667. The molecule has 0 aromatic carbocycles. The number of halogens is 2. The Morgan fingerprint density at radius 2 is 2.00 bits per heavy atom. The summed E-state index contributed by atoms with van der Waals surface area (Å²) < 4.78 is 1.29. The van der Waals surface area contributed by atoms with Crippen LogP contribution in [-0.4, -0.2) is 0 Å². The molecule has 1 atom stereocenters. The minimum Gasteiger partial charge on any atom is -0.143 e. The third-order valence-electron chi connectivity index (χ3n) is 3.15. The van der Waals surface area contributed by atoms with E-state index in [1.165, 1.54) is 46.3 Å². The lowest BCUT2D eigenvalue weighted by Gasteiger charge is -2.26. The molecule has 0 N–H and O–H groups in total. The van der Waals surface area contributed by atoms with Crippen LogP contribution in [0.1, 0.15) is 46.7 Å². The minimum absolute atomic E-state index is 0.561. The lowest BCUT2D eigenvalue weighted by molar-refractivity contribution is 0.356.